The number of hydrogen-bond acceptors (Lipinski definition) is 1. The van der Waals surface area contributed by atoms with Crippen molar-refractivity contribution in [2.75, 3.05) is 7.11 Å². The van der Waals surface area contributed by atoms with Crippen LogP contribution in [-0.2, 0) is 6.18 Å². The maximum Gasteiger partial charge on any atom is 0.416 e. The molecule has 6 heteroatoms. The van der Waals surface area contributed by atoms with Crippen LogP contribution in [0.5, 0.6) is 5.75 Å². The van der Waals surface area contributed by atoms with Crippen LogP contribution >= 0.6 is 11.6 Å². The molecular formula is C8H5ClF4O. The highest BCUT2D eigenvalue weighted by atomic mass is 35.5. The van der Waals surface area contributed by atoms with Crippen molar-refractivity contribution in [3.63, 3.8) is 0 Å². The maximum atomic E-state index is 12.9. The van der Waals surface area contributed by atoms with Gasteiger partial charge in [0, 0.05) is 0 Å². The lowest BCUT2D eigenvalue weighted by atomic mass is 10.2. The highest BCUT2D eigenvalue weighted by molar-refractivity contribution is 6.32. The predicted octanol–water partition coefficient (Wildman–Crippen LogP) is 3.51. The number of benzene rings is 1. The Labute approximate surface area is 82.2 Å². The van der Waals surface area contributed by atoms with Crippen LogP contribution in [0.3, 0.4) is 0 Å². The third kappa shape index (κ3) is 2.09. The van der Waals surface area contributed by atoms with Crippen molar-refractivity contribution < 1.29 is 22.3 Å². The molecule has 0 bridgehead atoms. The number of hydrogen-bond donors (Lipinski definition) is 0. The molecule has 0 aliphatic carbocycles. The second-order valence-electron chi connectivity index (χ2n) is 2.47. The molecule has 0 spiro atoms. The molecule has 78 valence electrons. The summed E-state index contributed by atoms with van der Waals surface area (Å²) < 4.78 is 53.8. The van der Waals surface area contributed by atoms with Gasteiger partial charge in [-0.2, -0.15) is 13.2 Å². The number of rotatable bonds is 1. The standard InChI is InChI=1S/C8H5ClF4O/c1-14-7-5(9)2-4(3-6(7)10)8(11,12)13/h2-3H,1H3. The Kier molecular flexibility index (Phi) is 2.89. The number of methoxy groups -OCH3 is 1. The Bertz CT molecular complexity index is 325. The van der Waals surface area contributed by atoms with E-state index in [0.717, 1.165) is 7.11 Å². The van der Waals surface area contributed by atoms with E-state index in [1.54, 1.807) is 0 Å². The average Bonchev–Trinajstić information content (AvgIpc) is 2.01. The summed E-state index contributed by atoms with van der Waals surface area (Å²) in [5, 5.41) is -0.403. The first kappa shape index (κ1) is 11.1. The molecule has 0 amide bonds. The summed E-state index contributed by atoms with van der Waals surface area (Å²) in [5.41, 5.74) is -1.14. The minimum absolute atomic E-state index is 0.338. The zero-order valence-corrected chi connectivity index (χ0v) is 7.71. The topological polar surface area (TPSA) is 9.23 Å². The van der Waals surface area contributed by atoms with E-state index in [4.69, 9.17) is 11.6 Å². The van der Waals surface area contributed by atoms with Crippen LogP contribution in [0.25, 0.3) is 0 Å². The van der Waals surface area contributed by atoms with E-state index in [1.165, 1.54) is 0 Å². The number of alkyl halides is 3. The quantitative estimate of drug-likeness (QED) is 0.669. The summed E-state index contributed by atoms with van der Waals surface area (Å²) >= 11 is 5.38. The number of ether oxygens (including phenoxy) is 1. The van der Waals surface area contributed by atoms with Gasteiger partial charge in [0.2, 0.25) is 0 Å². The van der Waals surface area contributed by atoms with Gasteiger partial charge in [-0.3, -0.25) is 0 Å². The van der Waals surface area contributed by atoms with Gasteiger partial charge in [-0.1, -0.05) is 11.6 Å². The summed E-state index contributed by atoms with van der Waals surface area (Å²) in [4.78, 5) is 0. The largest absolute Gasteiger partial charge is 0.492 e. The summed E-state index contributed by atoms with van der Waals surface area (Å²) in [5.74, 6) is -1.52. The van der Waals surface area contributed by atoms with Gasteiger partial charge in [0.05, 0.1) is 17.7 Å². The van der Waals surface area contributed by atoms with Crippen molar-refractivity contribution in [1.82, 2.24) is 0 Å². The van der Waals surface area contributed by atoms with Crippen LogP contribution in [0.1, 0.15) is 5.56 Å². The Hall–Kier alpha value is -0.970. The molecule has 0 radical (unpaired) electrons. The molecule has 0 heterocycles. The highest BCUT2D eigenvalue weighted by Gasteiger charge is 2.32. The zero-order valence-electron chi connectivity index (χ0n) is 6.95. The van der Waals surface area contributed by atoms with E-state index >= 15 is 0 Å². The van der Waals surface area contributed by atoms with E-state index in [1.807, 2.05) is 0 Å². The van der Waals surface area contributed by atoms with Crippen LogP contribution in [0.15, 0.2) is 12.1 Å². The molecule has 1 aromatic carbocycles. The van der Waals surface area contributed by atoms with Gasteiger partial charge < -0.3 is 4.74 Å². The Morgan fingerprint density at radius 1 is 1.29 bits per heavy atom. The van der Waals surface area contributed by atoms with Crippen molar-refractivity contribution in [1.29, 1.82) is 0 Å². The molecule has 1 aromatic rings. The lowest BCUT2D eigenvalue weighted by Gasteiger charge is -2.10. The van der Waals surface area contributed by atoms with E-state index in [-0.39, 0.29) is 5.75 Å². The van der Waals surface area contributed by atoms with E-state index in [9.17, 15) is 17.6 Å². The van der Waals surface area contributed by atoms with Crippen LogP contribution in [0.2, 0.25) is 5.02 Å². The van der Waals surface area contributed by atoms with Gasteiger partial charge in [0.25, 0.3) is 0 Å². The van der Waals surface area contributed by atoms with Crippen molar-refractivity contribution in [2.24, 2.45) is 0 Å². The normalized spacial score (nSPS) is 11.6. The van der Waals surface area contributed by atoms with Crippen LogP contribution in [-0.4, -0.2) is 7.11 Å². The molecule has 0 aliphatic rings. The summed E-state index contributed by atoms with van der Waals surface area (Å²) in [6, 6.07) is 0.953. The monoisotopic (exact) mass is 228 g/mol. The SMILES string of the molecule is COc1c(F)cc(C(F)(F)F)cc1Cl. The lowest BCUT2D eigenvalue weighted by Crippen LogP contribution is -2.06. The molecule has 0 aromatic heterocycles. The molecule has 1 nitrogen and oxygen atoms in total. The van der Waals surface area contributed by atoms with Crippen LogP contribution < -0.4 is 4.74 Å². The van der Waals surface area contributed by atoms with Crippen molar-refractivity contribution in [2.45, 2.75) is 6.18 Å². The highest BCUT2D eigenvalue weighted by Crippen LogP contribution is 2.36. The molecule has 0 unspecified atom stereocenters. The molecule has 1 rings (SSSR count). The molecule has 0 aliphatic heterocycles. The minimum Gasteiger partial charge on any atom is -0.492 e. The van der Waals surface area contributed by atoms with E-state index < -0.39 is 22.6 Å². The molecule has 14 heavy (non-hydrogen) atoms. The third-order valence-electron chi connectivity index (χ3n) is 1.53. The van der Waals surface area contributed by atoms with Crippen molar-refractivity contribution >= 4 is 11.6 Å². The van der Waals surface area contributed by atoms with Gasteiger partial charge in [0.1, 0.15) is 0 Å². The Balaban J connectivity index is 3.28. The van der Waals surface area contributed by atoms with Crippen LogP contribution in [0, 0.1) is 5.82 Å². The molecular weight excluding hydrogens is 224 g/mol. The summed E-state index contributed by atoms with van der Waals surface area (Å²) in [6.45, 7) is 0. The Morgan fingerprint density at radius 3 is 2.21 bits per heavy atom. The molecule has 0 N–H and O–H groups in total. The first-order chi connectivity index (χ1) is 6.36. The van der Waals surface area contributed by atoms with Crippen LogP contribution in [0.4, 0.5) is 17.6 Å². The number of halogens is 5. The summed E-state index contributed by atoms with van der Waals surface area (Å²) in [6.07, 6.45) is -4.61. The van der Waals surface area contributed by atoms with Gasteiger partial charge in [0.15, 0.2) is 11.6 Å². The second kappa shape index (κ2) is 3.65. The minimum atomic E-state index is -4.61. The van der Waals surface area contributed by atoms with Crippen molar-refractivity contribution in [3.8, 4) is 5.75 Å². The van der Waals surface area contributed by atoms with Crippen molar-refractivity contribution in [3.05, 3.63) is 28.5 Å². The Morgan fingerprint density at radius 2 is 1.86 bits per heavy atom. The van der Waals surface area contributed by atoms with Gasteiger partial charge in [-0.05, 0) is 12.1 Å². The smallest absolute Gasteiger partial charge is 0.416 e. The first-order valence-corrected chi connectivity index (χ1v) is 3.84. The zero-order chi connectivity index (χ0) is 10.9. The summed E-state index contributed by atoms with van der Waals surface area (Å²) in [7, 11) is 1.12. The average molecular weight is 229 g/mol. The van der Waals surface area contributed by atoms with Gasteiger partial charge >= 0.3 is 6.18 Å². The maximum absolute atomic E-state index is 12.9. The molecule has 0 fully saturated rings. The lowest BCUT2D eigenvalue weighted by molar-refractivity contribution is -0.137. The fourth-order valence-electron chi connectivity index (χ4n) is 0.919. The molecule has 0 atom stereocenters. The molecule has 0 saturated carbocycles. The predicted molar refractivity (Wildman–Crippen MR) is 43.0 cm³/mol. The van der Waals surface area contributed by atoms with Gasteiger partial charge in [-0.15, -0.1) is 0 Å². The fourth-order valence-corrected chi connectivity index (χ4v) is 1.20. The fraction of sp³-hybridized carbons (Fsp3) is 0.250. The van der Waals surface area contributed by atoms with E-state index in [2.05, 4.69) is 4.74 Å². The molecule has 0 saturated heterocycles. The van der Waals surface area contributed by atoms with Gasteiger partial charge in [-0.25, -0.2) is 4.39 Å². The first-order valence-electron chi connectivity index (χ1n) is 3.46. The second-order valence-corrected chi connectivity index (χ2v) is 2.88. The third-order valence-corrected chi connectivity index (χ3v) is 1.81. The van der Waals surface area contributed by atoms with E-state index in [0.29, 0.717) is 12.1 Å².